The fraction of sp³-hybridized carbons (Fsp3) is 0.800. The van der Waals surface area contributed by atoms with Crippen molar-refractivity contribution in [3.63, 3.8) is 0 Å². The van der Waals surface area contributed by atoms with E-state index in [2.05, 4.69) is 0 Å². The number of hydrogen-bond donors (Lipinski definition) is 2. The highest BCUT2D eigenvalue weighted by Gasteiger charge is 2.26. The van der Waals surface area contributed by atoms with Crippen LogP contribution in [0.4, 0.5) is 0 Å². The summed E-state index contributed by atoms with van der Waals surface area (Å²) >= 11 is 0. The number of carboxylic acids is 1. The van der Waals surface area contributed by atoms with Crippen molar-refractivity contribution in [2.24, 2.45) is 5.73 Å². The van der Waals surface area contributed by atoms with Crippen molar-refractivity contribution in [3.8, 4) is 0 Å². The van der Waals surface area contributed by atoms with Gasteiger partial charge in [-0.3, -0.25) is 14.5 Å². The van der Waals surface area contributed by atoms with Crippen LogP contribution in [-0.4, -0.2) is 41.0 Å². The van der Waals surface area contributed by atoms with E-state index < -0.39 is 17.9 Å². The van der Waals surface area contributed by atoms with E-state index in [0.717, 1.165) is 25.9 Å². The van der Waals surface area contributed by atoms with Gasteiger partial charge in [0.05, 0.1) is 0 Å². The molecule has 0 aliphatic carbocycles. The van der Waals surface area contributed by atoms with Crippen molar-refractivity contribution in [2.45, 2.75) is 38.1 Å². The zero-order chi connectivity index (χ0) is 11.3. The number of aliphatic carboxylic acids is 1. The Bertz CT molecular complexity index is 237. The van der Waals surface area contributed by atoms with E-state index in [-0.39, 0.29) is 6.42 Å². The second kappa shape index (κ2) is 5.70. The van der Waals surface area contributed by atoms with Gasteiger partial charge in [0.25, 0.3) is 0 Å². The van der Waals surface area contributed by atoms with E-state index in [4.69, 9.17) is 10.8 Å². The zero-order valence-corrected chi connectivity index (χ0v) is 8.82. The lowest BCUT2D eigenvalue weighted by atomic mass is 10.0. The average Bonchev–Trinajstić information content (AvgIpc) is 2.18. The maximum absolute atomic E-state index is 11.0. The fourth-order valence-electron chi connectivity index (χ4n) is 1.97. The highest BCUT2D eigenvalue weighted by molar-refractivity contribution is 5.77. The summed E-state index contributed by atoms with van der Waals surface area (Å²) in [6.07, 6.45) is 3.72. The highest BCUT2D eigenvalue weighted by Crippen LogP contribution is 2.15. The number of primary amides is 1. The predicted molar refractivity (Wildman–Crippen MR) is 55.3 cm³/mol. The van der Waals surface area contributed by atoms with Crippen LogP contribution in [-0.2, 0) is 9.59 Å². The first-order valence-electron chi connectivity index (χ1n) is 5.36. The molecule has 1 aliphatic rings. The van der Waals surface area contributed by atoms with Crippen LogP contribution >= 0.6 is 0 Å². The molecular formula is C10H18N2O3. The molecule has 1 saturated heterocycles. The van der Waals surface area contributed by atoms with Gasteiger partial charge in [0, 0.05) is 6.42 Å². The third-order valence-electron chi connectivity index (χ3n) is 2.78. The molecule has 1 unspecified atom stereocenters. The number of piperidine rings is 1. The van der Waals surface area contributed by atoms with Crippen LogP contribution < -0.4 is 5.73 Å². The number of likely N-dealkylation sites (tertiary alicyclic amines) is 1. The molecule has 1 atom stereocenters. The summed E-state index contributed by atoms with van der Waals surface area (Å²) in [5, 5.41) is 9.04. The van der Waals surface area contributed by atoms with E-state index in [1.807, 2.05) is 4.90 Å². The summed E-state index contributed by atoms with van der Waals surface area (Å²) in [7, 11) is 0. The Labute approximate surface area is 89.2 Å². The largest absolute Gasteiger partial charge is 0.480 e. The minimum Gasteiger partial charge on any atom is -0.480 e. The first kappa shape index (κ1) is 12.0. The highest BCUT2D eigenvalue weighted by atomic mass is 16.4. The Kier molecular flexibility index (Phi) is 4.55. The van der Waals surface area contributed by atoms with Gasteiger partial charge in [-0.05, 0) is 32.4 Å². The van der Waals surface area contributed by atoms with Crippen molar-refractivity contribution in [1.29, 1.82) is 0 Å². The molecule has 0 aromatic carbocycles. The monoisotopic (exact) mass is 214 g/mol. The summed E-state index contributed by atoms with van der Waals surface area (Å²) < 4.78 is 0. The van der Waals surface area contributed by atoms with Crippen LogP contribution in [0.15, 0.2) is 0 Å². The van der Waals surface area contributed by atoms with Crippen molar-refractivity contribution in [1.82, 2.24) is 4.90 Å². The van der Waals surface area contributed by atoms with Crippen LogP contribution in [0.3, 0.4) is 0 Å². The lowest BCUT2D eigenvalue weighted by Gasteiger charge is -2.31. The summed E-state index contributed by atoms with van der Waals surface area (Å²) in [5.41, 5.74) is 5.02. The second-order valence-corrected chi connectivity index (χ2v) is 3.96. The topological polar surface area (TPSA) is 83.6 Å². The van der Waals surface area contributed by atoms with Crippen LogP contribution in [0.25, 0.3) is 0 Å². The number of amides is 1. The Morgan fingerprint density at radius 2 is 1.87 bits per heavy atom. The third-order valence-corrected chi connectivity index (χ3v) is 2.78. The Morgan fingerprint density at radius 3 is 2.33 bits per heavy atom. The van der Waals surface area contributed by atoms with Crippen molar-refractivity contribution < 1.29 is 14.7 Å². The number of hydrogen-bond acceptors (Lipinski definition) is 3. The van der Waals surface area contributed by atoms with Crippen molar-refractivity contribution in [3.05, 3.63) is 0 Å². The molecule has 0 bridgehead atoms. The molecule has 1 fully saturated rings. The maximum Gasteiger partial charge on any atom is 0.320 e. The second-order valence-electron chi connectivity index (χ2n) is 3.96. The first-order chi connectivity index (χ1) is 7.11. The molecule has 0 radical (unpaired) electrons. The molecular weight excluding hydrogens is 196 g/mol. The lowest BCUT2D eigenvalue weighted by molar-refractivity contribution is -0.144. The van der Waals surface area contributed by atoms with E-state index in [1.165, 1.54) is 6.42 Å². The van der Waals surface area contributed by atoms with Gasteiger partial charge in [-0.2, -0.15) is 0 Å². The molecule has 3 N–H and O–H groups in total. The minimum absolute atomic E-state index is 0.146. The van der Waals surface area contributed by atoms with Gasteiger partial charge in [-0.1, -0.05) is 6.42 Å². The van der Waals surface area contributed by atoms with E-state index in [1.54, 1.807) is 0 Å². The number of carbonyl (C=O) groups excluding carboxylic acids is 1. The number of rotatable bonds is 5. The van der Waals surface area contributed by atoms with Crippen molar-refractivity contribution in [2.75, 3.05) is 13.1 Å². The van der Waals surface area contributed by atoms with Crippen LogP contribution in [0, 0.1) is 0 Å². The molecule has 1 amide bonds. The van der Waals surface area contributed by atoms with Gasteiger partial charge in [-0.25, -0.2) is 0 Å². The lowest BCUT2D eigenvalue weighted by Crippen LogP contribution is -2.44. The number of carbonyl (C=O) groups is 2. The quantitative estimate of drug-likeness (QED) is 0.684. The van der Waals surface area contributed by atoms with E-state index in [0.29, 0.717) is 6.42 Å². The molecule has 1 heterocycles. The Balaban J connectivity index is 2.48. The van der Waals surface area contributed by atoms with E-state index >= 15 is 0 Å². The van der Waals surface area contributed by atoms with Gasteiger partial charge in [0.1, 0.15) is 6.04 Å². The maximum atomic E-state index is 11.0. The van der Waals surface area contributed by atoms with Gasteiger partial charge < -0.3 is 10.8 Å². The summed E-state index contributed by atoms with van der Waals surface area (Å²) in [6, 6.07) is -0.544. The average molecular weight is 214 g/mol. The number of nitrogens with zero attached hydrogens (tertiary/aromatic N) is 1. The van der Waals surface area contributed by atoms with E-state index in [9.17, 15) is 9.59 Å². The van der Waals surface area contributed by atoms with Gasteiger partial charge in [0.2, 0.25) is 5.91 Å². The number of nitrogens with two attached hydrogens (primary N) is 1. The van der Waals surface area contributed by atoms with Gasteiger partial charge in [-0.15, -0.1) is 0 Å². The normalized spacial score (nSPS) is 19.7. The Morgan fingerprint density at radius 1 is 1.27 bits per heavy atom. The molecule has 0 spiro atoms. The molecule has 1 aliphatic heterocycles. The zero-order valence-electron chi connectivity index (χ0n) is 8.82. The van der Waals surface area contributed by atoms with Crippen LogP contribution in [0.1, 0.15) is 32.1 Å². The summed E-state index contributed by atoms with van der Waals surface area (Å²) in [6.45, 7) is 1.63. The fourth-order valence-corrected chi connectivity index (χ4v) is 1.97. The molecule has 86 valence electrons. The molecule has 1 rings (SSSR count). The smallest absolute Gasteiger partial charge is 0.320 e. The van der Waals surface area contributed by atoms with Crippen LogP contribution in [0.2, 0.25) is 0 Å². The molecule has 15 heavy (non-hydrogen) atoms. The summed E-state index contributed by atoms with van der Waals surface area (Å²) in [5.74, 6) is -1.28. The molecule has 0 saturated carbocycles. The van der Waals surface area contributed by atoms with Gasteiger partial charge in [0.15, 0.2) is 0 Å². The standard InChI is InChI=1S/C10H18N2O3/c11-9(13)5-4-8(10(14)15)12-6-2-1-3-7-12/h8H,1-7H2,(H2,11,13)(H,14,15). The first-order valence-corrected chi connectivity index (χ1v) is 5.36. The SMILES string of the molecule is NC(=O)CCC(C(=O)O)N1CCCCC1. The minimum atomic E-state index is -0.849. The molecule has 5 nitrogen and oxygen atoms in total. The number of carboxylic acid groups (broad SMARTS) is 1. The molecule has 5 heteroatoms. The van der Waals surface area contributed by atoms with Crippen LogP contribution in [0.5, 0.6) is 0 Å². The van der Waals surface area contributed by atoms with Crippen molar-refractivity contribution >= 4 is 11.9 Å². The molecule has 0 aromatic heterocycles. The molecule has 0 aromatic rings. The summed E-state index contributed by atoms with van der Waals surface area (Å²) in [4.78, 5) is 23.6. The Hall–Kier alpha value is -1.10. The predicted octanol–water partition coefficient (Wildman–Crippen LogP) is 0.191. The third kappa shape index (κ3) is 3.87. The van der Waals surface area contributed by atoms with Gasteiger partial charge >= 0.3 is 5.97 Å².